The van der Waals surface area contributed by atoms with Crippen LogP contribution in [-0.2, 0) is 11.3 Å². The van der Waals surface area contributed by atoms with E-state index in [1.165, 1.54) is 24.8 Å². The average Bonchev–Trinajstić information content (AvgIpc) is 2.66. The Hall–Kier alpha value is -1.79. The first-order valence-electron chi connectivity index (χ1n) is 10.1. The molecule has 2 fully saturated rings. The lowest BCUT2D eigenvalue weighted by Gasteiger charge is -2.41. The Morgan fingerprint density at radius 1 is 1.22 bits per heavy atom. The van der Waals surface area contributed by atoms with Gasteiger partial charge in [-0.3, -0.25) is 9.89 Å². The highest BCUT2D eigenvalue weighted by Crippen LogP contribution is 2.27. The second-order valence-electron chi connectivity index (χ2n) is 7.97. The van der Waals surface area contributed by atoms with E-state index in [0.717, 1.165) is 44.6 Å². The summed E-state index contributed by atoms with van der Waals surface area (Å²) in [7, 11) is 1.81. The number of rotatable bonds is 7. The standard InChI is InChI=1S/C21H34N4O2/c1-21(2,25-11-13-26-14-12-25)16-24-20(22-3)23-15-17-7-4-5-10-19(17)27-18-8-6-9-18/h4-5,7,10,18H,6,8-9,11-16H2,1-3H3,(H2,22,23,24). The van der Waals surface area contributed by atoms with Gasteiger partial charge in [-0.25, -0.2) is 0 Å². The van der Waals surface area contributed by atoms with Gasteiger partial charge in [-0.2, -0.15) is 0 Å². The van der Waals surface area contributed by atoms with Crippen LogP contribution >= 0.6 is 0 Å². The lowest BCUT2D eigenvalue weighted by molar-refractivity contribution is -0.00834. The molecule has 27 heavy (non-hydrogen) atoms. The van der Waals surface area contributed by atoms with E-state index in [9.17, 15) is 0 Å². The van der Waals surface area contributed by atoms with Gasteiger partial charge in [0.2, 0.25) is 0 Å². The van der Waals surface area contributed by atoms with Crippen molar-refractivity contribution in [3.05, 3.63) is 29.8 Å². The fourth-order valence-corrected chi connectivity index (χ4v) is 3.41. The number of morpholine rings is 1. The number of guanidine groups is 1. The van der Waals surface area contributed by atoms with Crippen molar-refractivity contribution in [1.29, 1.82) is 0 Å². The van der Waals surface area contributed by atoms with E-state index in [1.807, 2.05) is 13.1 Å². The third kappa shape index (κ3) is 5.59. The van der Waals surface area contributed by atoms with Crippen LogP contribution in [0.15, 0.2) is 29.3 Å². The van der Waals surface area contributed by atoms with Crippen molar-refractivity contribution >= 4 is 5.96 Å². The highest BCUT2D eigenvalue weighted by Gasteiger charge is 2.28. The Bertz CT molecular complexity index is 622. The molecule has 1 heterocycles. The quantitative estimate of drug-likeness (QED) is 0.567. The molecule has 1 aliphatic carbocycles. The molecule has 0 bridgehead atoms. The van der Waals surface area contributed by atoms with Gasteiger partial charge in [0.05, 0.1) is 19.3 Å². The van der Waals surface area contributed by atoms with Gasteiger partial charge in [0.1, 0.15) is 5.75 Å². The molecule has 2 N–H and O–H groups in total. The molecule has 1 aromatic rings. The minimum absolute atomic E-state index is 0.0483. The number of ether oxygens (including phenoxy) is 2. The number of hydrogen-bond acceptors (Lipinski definition) is 4. The largest absolute Gasteiger partial charge is 0.490 e. The van der Waals surface area contributed by atoms with Crippen LogP contribution in [0.2, 0.25) is 0 Å². The monoisotopic (exact) mass is 374 g/mol. The maximum absolute atomic E-state index is 6.12. The molecule has 0 amide bonds. The average molecular weight is 375 g/mol. The molecule has 6 nitrogen and oxygen atoms in total. The Morgan fingerprint density at radius 2 is 1.96 bits per heavy atom. The van der Waals surface area contributed by atoms with Crippen LogP contribution < -0.4 is 15.4 Å². The first-order chi connectivity index (χ1) is 13.1. The molecule has 150 valence electrons. The van der Waals surface area contributed by atoms with Gasteiger partial charge in [0, 0.05) is 44.3 Å². The molecule has 6 heteroatoms. The van der Waals surface area contributed by atoms with Crippen LogP contribution in [0.5, 0.6) is 5.75 Å². The number of para-hydroxylation sites is 1. The number of benzene rings is 1. The Balaban J connectivity index is 1.50. The van der Waals surface area contributed by atoms with E-state index in [4.69, 9.17) is 9.47 Å². The molecular formula is C21H34N4O2. The molecule has 0 atom stereocenters. The summed E-state index contributed by atoms with van der Waals surface area (Å²) in [6.07, 6.45) is 4.00. The predicted octanol–water partition coefficient (Wildman–Crippen LogP) is 2.39. The van der Waals surface area contributed by atoms with Gasteiger partial charge in [-0.05, 0) is 39.2 Å². The predicted molar refractivity (Wildman–Crippen MR) is 109 cm³/mol. The van der Waals surface area contributed by atoms with Crippen molar-refractivity contribution in [2.75, 3.05) is 39.9 Å². The summed E-state index contributed by atoms with van der Waals surface area (Å²) in [6.45, 7) is 9.63. The van der Waals surface area contributed by atoms with E-state index in [2.05, 4.69) is 52.6 Å². The van der Waals surface area contributed by atoms with Crippen LogP contribution in [0.3, 0.4) is 0 Å². The van der Waals surface area contributed by atoms with Gasteiger partial charge < -0.3 is 20.1 Å². The van der Waals surface area contributed by atoms with E-state index in [1.54, 1.807) is 0 Å². The number of nitrogens with one attached hydrogen (secondary N) is 2. The van der Waals surface area contributed by atoms with Crippen molar-refractivity contribution in [3.63, 3.8) is 0 Å². The summed E-state index contributed by atoms with van der Waals surface area (Å²) < 4.78 is 11.6. The summed E-state index contributed by atoms with van der Waals surface area (Å²) in [6, 6.07) is 8.27. The molecule has 1 aliphatic heterocycles. The van der Waals surface area contributed by atoms with Crippen LogP contribution in [0.1, 0.15) is 38.7 Å². The second-order valence-corrected chi connectivity index (χ2v) is 7.97. The molecule has 3 rings (SSSR count). The molecule has 1 saturated carbocycles. The topological polar surface area (TPSA) is 58.1 Å². The van der Waals surface area contributed by atoms with Gasteiger partial charge in [-0.1, -0.05) is 18.2 Å². The summed E-state index contributed by atoms with van der Waals surface area (Å²) in [5.41, 5.74) is 1.21. The SMILES string of the molecule is CN=C(NCc1ccccc1OC1CCC1)NCC(C)(C)N1CCOCC1. The minimum Gasteiger partial charge on any atom is -0.490 e. The Morgan fingerprint density at radius 3 is 2.63 bits per heavy atom. The third-order valence-electron chi connectivity index (χ3n) is 5.54. The van der Waals surface area contributed by atoms with Crippen molar-refractivity contribution in [1.82, 2.24) is 15.5 Å². The van der Waals surface area contributed by atoms with E-state index in [-0.39, 0.29) is 5.54 Å². The first-order valence-corrected chi connectivity index (χ1v) is 10.1. The molecule has 0 unspecified atom stereocenters. The smallest absolute Gasteiger partial charge is 0.191 e. The lowest BCUT2D eigenvalue weighted by Crippen LogP contribution is -2.56. The van der Waals surface area contributed by atoms with Crippen molar-refractivity contribution in [2.45, 2.75) is 51.3 Å². The fourth-order valence-electron chi connectivity index (χ4n) is 3.41. The van der Waals surface area contributed by atoms with Crippen LogP contribution in [0, 0.1) is 0 Å². The molecule has 2 aliphatic rings. The highest BCUT2D eigenvalue weighted by molar-refractivity contribution is 5.79. The summed E-state index contributed by atoms with van der Waals surface area (Å²) in [4.78, 5) is 6.85. The van der Waals surface area contributed by atoms with E-state index >= 15 is 0 Å². The zero-order valence-corrected chi connectivity index (χ0v) is 17.0. The van der Waals surface area contributed by atoms with E-state index in [0.29, 0.717) is 12.6 Å². The van der Waals surface area contributed by atoms with E-state index < -0.39 is 0 Å². The lowest BCUT2D eigenvalue weighted by atomic mass is 9.96. The van der Waals surface area contributed by atoms with Gasteiger partial charge in [-0.15, -0.1) is 0 Å². The normalized spacial score (nSPS) is 19.4. The van der Waals surface area contributed by atoms with Crippen LogP contribution in [0.4, 0.5) is 0 Å². The third-order valence-corrected chi connectivity index (χ3v) is 5.54. The zero-order valence-electron chi connectivity index (χ0n) is 17.0. The summed E-state index contributed by atoms with van der Waals surface area (Å²) in [5.74, 6) is 1.80. The number of nitrogens with zero attached hydrogens (tertiary/aromatic N) is 2. The first kappa shape index (κ1) is 20.0. The fraction of sp³-hybridized carbons (Fsp3) is 0.667. The molecule has 0 aromatic heterocycles. The Kier molecular flexibility index (Phi) is 6.96. The maximum Gasteiger partial charge on any atom is 0.191 e. The van der Waals surface area contributed by atoms with Crippen molar-refractivity contribution in [2.24, 2.45) is 4.99 Å². The van der Waals surface area contributed by atoms with Gasteiger partial charge in [0.15, 0.2) is 5.96 Å². The molecule has 1 aromatic carbocycles. The van der Waals surface area contributed by atoms with Crippen molar-refractivity contribution < 1.29 is 9.47 Å². The maximum atomic E-state index is 6.12. The van der Waals surface area contributed by atoms with Crippen LogP contribution in [-0.4, -0.2) is 62.4 Å². The van der Waals surface area contributed by atoms with Crippen LogP contribution in [0.25, 0.3) is 0 Å². The number of hydrogen-bond donors (Lipinski definition) is 2. The molecule has 1 saturated heterocycles. The van der Waals surface area contributed by atoms with Crippen molar-refractivity contribution in [3.8, 4) is 5.75 Å². The minimum atomic E-state index is 0.0483. The zero-order chi connectivity index (χ0) is 19.1. The Labute approximate surface area is 163 Å². The van der Waals surface area contributed by atoms with Gasteiger partial charge in [0.25, 0.3) is 0 Å². The van der Waals surface area contributed by atoms with Gasteiger partial charge >= 0.3 is 0 Å². The summed E-state index contributed by atoms with van der Waals surface area (Å²) >= 11 is 0. The number of aliphatic imine (C=N–C) groups is 1. The second kappa shape index (κ2) is 9.42. The molecule has 0 spiro atoms. The summed E-state index contributed by atoms with van der Waals surface area (Å²) in [5, 5.41) is 6.90. The highest BCUT2D eigenvalue weighted by atomic mass is 16.5. The molecule has 0 radical (unpaired) electrons. The molecular weight excluding hydrogens is 340 g/mol.